The number of likely N-dealkylation sites (N-methyl/N-ethyl adjacent to an activating group) is 1. The number of fused-ring (bicyclic) bond motifs is 4. The number of hydrogen-bond acceptors (Lipinski definition) is 11. The predicted molar refractivity (Wildman–Crippen MR) is 170 cm³/mol. The Bertz CT molecular complexity index is 1690. The van der Waals surface area contributed by atoms with Gasteiger partial charge in [0.2, 0.25) is 5.88 Å². The summed E-state index contributed by atoms with van der Waals surface area (Å²) in [5.41, 5.74) is 10.5. The van der Waals surface area contributed by atoms with Gasteiger partial charge in [0.25, 0.3) is 0 Å². The minimum atomic E-state index is -0.961. The Labute approximate surface area is 268 Å². The fourth-order valence-electron chi connectivity index (χ4n) is 8.76. The molecule has 0 bridgehead atoms. The maximum Gasteiger partial charge on any atom is 0.219 e. The number of aryl methyl sites for hydroxylation is 1. The molecular weight excluding hydrogens is 587 g/mol. The van der Waals surface area contributed by atoms with Crippen molar-refractivity contribution in [2.45, 2.75) is 81.1 Å². The number of ether oxygens (including phenoxy) is 2. The lowest BCUT2D eigenvalue weighted by atomic mass is 9.61. The summed E-state index contributed by atoms with van der Waals surface area (Å²) in [5, 5.41) is 18.5. The number of nitrogens with two attached hydrogens (primary N) is 1. The van der Waals surface area contributed by atoms with Crippen LogP contribution < -0.4 is 20.7 Å². The van der Waals surface area contributed by atoms with Crippen LogP contribution in [-0.4, -0.2) is 90.3 Å². The lowest BCUT2D eigenvalue weighted by molar-refractivity contribution is -0.0743. The zero-order chi connectivity index (χ0) is 31.6. The van der Waals surface area contributed by atoms with Gasteiger partial charge in [-0.3, -0.25) is 4.90 Å². The fourth-order valence-corrected chi connectivity index (χ4v) is 8.76. The van der Waals surface area contributed by atoms with Crippen molar-refractivity contribution in [2.75, 3.05) is 57.1 Å². The SMILES string of the molecule is C[C@@H](Oc1cc(N2CCNC3(COC3)C2)nc(-c2noc3c2CCC[C@]32CCCc3ccc(N)c(C#N)c32)n1)[C@@H]1[C@@H](F)CCN1C. The number of likely N-dealkylation sites (tertiary alicyclic amines) is 1. The van der Waals surface area contributed by atoms with Gasteiger partial charge in [0.15, 0.2) is 17.3 Å². The molecule has 0 amide bonds. The van der Waals surface area contributed by atoms with Crippen LogP contribution in [0, 0.1) is 11.3 Å². The number of hydrogen-bond donors (Lipinski definition) is 2. The second-order valence-corrected chi connectivity index (χ2v) is 13.9. The van der Waals surface area contributed by atoms with Crippen LogP contribution in [0.15, 0.2) is 22.7 Å². The monoisotopic (exact) mass is 628 g/mol. The average Bonchev–Trinajstić information content (AvgIpc) is 3.64. The van der Waals surface area contributed by atoms with E-state index >= 15 is 0 Å². The number of anilines is 2. The molecular formula is C34H41FN8O3. The van der Waals surface area contributed by atoms with Crippen molar-refractivity contribution >= 4 is 11.5 Å². The lowest BCUT2D eigenvalue weighted by Gasteiger charge is -2.49. The fraction of sp³-hybridized carbons (Fsp3) is 0.588. The highest BCUT2D eigenvalue weighted by atomic mass is 19.1. The number of nitrogens with zero attached hydrogens (tertiary/aromatic N) is 6. The molecule has 3 N–H and O–H groups in total. The molecule has 11 nitrogen and oxygen atoms in total. The number of nitrogen functional groups attached to an aromatic ring is 1. The summed E-state index contributed by atoms with van der Waals surface area (Å²) in [6, 6.07) is 7.82. The Balaban J connectivity index is 1.21. The Kier molecular flexibility index (Phi) is 7.19. The molecule has 242 valence electrons. The molecule has 0 saturated carbocycles. The Morgan fingerprint density at radius 3 is 2.76 bits per heavy atom. The number of benzene rings is 1. The molecule has 2 spiro atoms. The van der Waals surface area contributed by atoms with Crippen molar-refractivity contribution in [2.24, 2.45) is 0 Å². The largest absolute Gasteiger partial charge is 0.473 e. The third-order valence-electron chi connectivity index (χ3n) is 11.0. The molecule has 5 heterocycles. The van der Waals surface area contributed by atoms with Crippen LogP contribution >= 0.6 is 0 Å². The van der Waals surface area contributed by atoms with Crippen LogP contribution in [0.2, 0.25) is 0 Å². The minimum absolute atomic E-state index is 0.0974. The van der Waals surface area contributed by atoms with Crippen molar-refractivity contribution in [1.82, 2.24) is 25.3 Å². The van der Waals surface area contributed by atoms with E-state index < -0.39 is 17.7 Å². The third-order valence-corrected chi connectivity index (χ3v) is 11.0. The highest BCUT2D eigenvalue weighted by Gasteiger charge is 2.48. The van der Waals surface area contributed by atoms with Gasteiger partial charge in [-0.15, -0.1) is 0 Å². The summed E-state index contributed by atoms with van der Waals surface area (Å²) < 4.78 is 33.2. The summed E-state index contributed by atoms with van der Waals surface area (Å²) in [6.45, 7) is 6.22. The van der Waals surface area contributed by atoms with Crippen molar-refractivity contribution in [3.63, 3.8) is 0 Å². The molecule has 8 rings (SSSR count). The Morgan fingerprint density at radius 2 is 2.02 bits per heavy atom. The Morgan fingerprint density at radius 1 is 1.20 bits per heavy atom. The number of nitriles is 1. The molecule has 2 aromatic heterocycles. The second kappa shape index (κ2) is 11.2. The molecule has 3 aliphatic heterocycles. The standard InChI is InChI=1S/C34H41FN8O3/c1-20(30-24(35)9-13-42(30)2)45-27-15-26(43-14-12-38-33(17-43)18-44-19-33)39-32(40-27)29-22-6-4-11-34(31(22)46-41-29)10-3-5-21-7-8-25(37)23(16-36)28(21)34/h7-8,15,20,24,30,38H,3-6,9-14,17-19,37H2,1-2H3/t20-,24+,30-,34+/m1/s1. The van der Waals surface area contributed by atoms with Gasteiger partial charge < -0.3 is 29.9 Å². The number of rotatable bonds is 5. The molecule has 4 atom stereocenters. The van der Waals surface area contributed by atoms with Crippen molar-refractivity contribution < 1.29 is 18.4 Å². The first kappa shape index (κ1) is 29.6. The predicted octanol–water partition coefficient (Wildman–Crippen LogP) is 3.53. The van der Waals surface area contributed by atoms with E-state index in [2.05, 4.69) is 27.5 Å². The maximum absolute atomic E-state index is 14.9. The molecule has 3 fully saturated rings. The maximum atomic E-state index is 14.9. The topological polar surface area (TPSA) is 139 Å². The molecule has 3 saturated heterocycles. The average molecular weight is 629 g/mol. The number of halogens is 1. The molecule has 2 aliphatic carbocycles. The van der Waals surface area contributed by atoms with Gasteiger partial charge >= 0.3 is 0 Å². The summed E-state index contributed by atoms with van der Waals surface area (Å²) >= 11 is 0. The van der Waals surface area contributed by atoms with Gasteiger partial charge in [0.1, 0.15) is 24.2 Å². The zero-order valence-electron chi connectivity index (χ0n) is 26.5. The first-order chi connectivity index (χ1) is 22.3. The smallest absolute Gasteiger partial charge is 0.219 e. The molecule has 12 heteroatoms. The van der Waals surface area contributed by atoms with Crippen LogP contribution in [0.4, 0.5) is 15.9 Å². The number of aromatic nitrogens is 3. The van der Waals surface area contributed by atoms with Gasteiger partial charge in [-0.05, 0) is 76.1 Å². The van der Waals surface area contributed by atoms with E-state index in [0.717, 1.165) is 86.4 Å². The van der Waals surface area contributed by atoms with Gasteiger partial charge in [0, 0.05) is 43.5 Å². The molecule has 0 radical (unpaired) electrons. The van der Waals surface area contributed by atoms with Crippen LogP contribution in [-0.2, 0) is 23.0 Å². The lowest BCUT2D eigenvalue weighted by Crippen LogP contribution is -2.70. The van der Waals surface area contributed by atoms with E-state index in [1.165, 1.54) is 0 Å². The summed E-state index contributed by atoms with van der Waals surface area (Å²) in [7, 11) is 1.94. The van der Waals surface area contributed by atoms with E-state index in [-0.39, 0.29) is 11.6 Å². The van der Waals surface area contributed by atoms with Gasteiger partial charge in [-0.2, -0.15) is 10.2 Å². The molecule has 5 aliphatic rings. The Hall–Kier alpha value is -3.79. The van der Waals surface area contributed by atoms with Crippen molar-refractivity contribution in [3.05, 3.63) is 46.2 Å². The molecule has 3 aromatic rings. The zero-order valence-corrected chi connectivity index (χ0v) is 26.5. The van der Waals surface area contributed by atoms with Crippen LogP contribution in [0.1, 0.15) is 67.0 Å². The van der Waals surface area contributed by atoms with E-state index in [0.29, 0.717) is 54.8 Å². The number of nitrogens with one attached hydrogen (secondary N) is 1. The van der Waals surface area contributed by atoms with Gasteiger partial charge in [-0.25, -0.2) is 9.37 Å². The number of piperazine rings is 1. The molecule has 1 aromatic carbocycles. The highest BCUT2D eigenvalue weighted by molar-refractivity contribution is 5.67. The molecule has 0 unspecified atom stereocenters. The summed E-state index contributed by atoms with van der Waals surface area (Å²) in [4.78, 5) is 14.2. The third kappa shape index (κ3) is 4.66. The first-order valence-electron chi connectivity index (χ1n) is 16.6. The second-order valence-electron chi connectivity index (χ2n) is 13.9. The minimum Gasteiger partial charge on any atom is -0.473 e. The van der Waals surface area contributed by atoms with E-state index in [9.17, 15) is 9.65 Å². The quantitative estimate of drug-likeness (QED) is 0.401. The van der Waals surface area contributed by atoms with E-state index in [1.807, 2.05) is 31.0 Å². The highest BCUT2D eigenvalue weighted by Crippen LogP contribution is 2.53. The van der Waals surface area contributed by atoms with Gasteiger partial charge in [-0.1, -0.05) is 11.2 Å². The van der Waals surface area contributed by atoms with Crippen molar-refractivity contribution in [3.8, 4) is 23.5 Å². The van der Waals surface area contributed by atoms with E-state index in [1.54, 1.807) is 0 Å². The van der Waals surface area contributed by atoms with Crippen LogP contribution in [0.3, 0.4) is 0 Å². The first-order valence-corrected chi connectivity index (χ1v) is 16.6. The summed E-state index contributed by atoms with van der Waals surface area (Å²) in [6.07, 6.45) is 4.39. The number of alkyl halides is 1. The van der Waals surface area contributed by atoms with Crippen LogP contribution in [0.25, 0.3) is 11.5 Å². The van der Waals surface area contributed by atoms with Crippen molar-refractivity contribution in [1.29, 1.82) is 5.26 Å². The summed E-state index contributed by atoms with van der Waals surface area (Å²) in [5.74, 6) is 2.35. The van der Waals surface area contributed by atoms with Crippen LogP contribution in [0.5, 0.6) is 5.88 Å². The van der Waals surface area contributed by atoms with Gasteiger partial charge in [0.05, 0.1) is 35.8 Å². The normalized spacial score (nSPS) is 27.6. The van der Waals surface area contributed by atoms with E-state index in [4.69, 9.17) is 29.7 Å². The molecule has 46 heavy (non-hydrogen) atoms.